The average Bonchev–Trinajstić information content (AvgIpc) is 3.19. The van der Waals surface area contributed by atoms with E-state index in [9.17, 15) is 14.4 Å². The van der Waals surface area contributed by atoms with Crippen LogP contribution in [-0.2, 0) is 4.74 Å². The first-order valence-corrected chi connectivity index (χ1v) is 10.4. The monoisotopic (exact) mass is 454 g/mol. The highest BCUT2D eigenvalue weighted by Gasteiger charge is 2.23. The maximum absolute atomic E-state index is 13.3. The maximum Gasteiger partial charge on any atom is 0.359 e. The van der Waals surface area contributed by atoms with Gasteiger partial charge in [-0.15, -0.1) is 11.3 Å². The van der Waals surface area contributed by atoms with Crippen molar-refractivity contribution in [1.82, 2.24) is 14.8 Å². The molecule has 8 nitrogen and oxygen atoms in total. The predicted molar refractivity (Wildman–Crippen MR) is 118 cm³/mol. The number of amides is 1. The summed E-state index contributed by atoms with van der Waals surface area (Å²) in [6.07, 6.45) is 2.99. The van der Waals surface area contributed by atoms with Gasteiger partial charge >= 0.3 is 5.97 Å². The summed E-state index contributed by atoms with van der Waals surface area (Å²) >= 11 is 7.19. The van der Waals surface area contributed by atoms with E-state index in [1.807, 2.05) is 0 Å². The van der Waals surface area contributed by atoms with Crippen molar-refractivity contribution in [3.05, 3.63) is 80.8 Å². The Morgan fingerprint density at radius 2 is 2.00 bits per heavy atom. The number of hydrogen-bond acceptors (Lipinski definition) is 7. The van der Waals surface area contributed by atoms with Crippen LogP contribution in [0.1, 0.15) is 27.8 Å². The van der Waals surface area contributed by atoms with Crippen molar-refractivity contribution in [3.63, 3.8) is 0 Å². The Morgan fingerprint density at radius 3 is 2.71 bits per heavy atom. The summed E-state index contributed by atoms with van der Waals surface area (Å²) < 4.78 is 6.20. The minimum atomic E-state index is -0.673. The molecule has 0 aliphatic carbocycles. The minimum Gasteiger partial charge on any atom is -0.461 e. The molecule has 0 atom stereocenters. The molecule has 1 amide bonds. The van der Waals surface area contributed by atoms with Crippen LogP contribution >= 0.6 is 22.9 Å². The van der Waals surface area contributed by atoms with Crippen LogP contribution in [0.2, 0.25) is 5.02 Å². The van der Waals surface area contributed by atoms with E-state index in [4.69, 9.17) is 16.3 Å². The molecular weight excluding hydrogens is 440 g/mol. The normalized spacial score (nSPS) is 10.8. The molecule has 10 heteroatoms. The molecule has 1 aromatic carbocycles. The van der Waals surface area contributed by atoms with Gasteiger partial charge in [-0.3, -0.25) is 14.6 Å². The smallest absolute Gasteiger partial charge is 0.359 e. The molecule has 0 spiro atoms. The largest absolute Gasteiger partial charge is 0.461 e. The van der Waals surface area contributed by atoms with Crippen LogP contribution in [0.15, 0.2) is 59.0 Å². The molecule has 0 unspecified atom stereocenters. The molecule has 3 aromatic heterocycles. The van der Waals surface area contributed by atoms with Crippen LogP contribution < -0.4 is 10.9 Å². The van der Waals surface area contributed by atoms with Gasteiger partial charge in [0.25, 0.3) is 11.5 Å². The first-order chi connectivity index (χ1) is 15.0. The predicted octanol–water partition coefficient (Wildman–Crippen LogP) is 3.92. The standard InChI is InChI=1S/C21H15ClN4O4S/c1-2-30-21(29)17-15-11-31-19(24-18(27)12-6-8-23-9-7-12)16(15)20(28)26(25-17)14-5-3-4-13(22)10-14/h3-11H,2H2,1H3,(H,24,27). The molecule has 0 aliphatic heterocycles. The van der Waals surface area contributed by atoms with Crippen molar-refractivity contribution in [1.29, 1.82) is 0 Å². The van der Waals surface area contributed by atoms with Gasteiger partial charge in [0.05, 0.1) is 17.7 Å². The van der Waals surface area contributed by atoms with Crippen LogP contribution in [0.4, 0.5) is 5.00 Å². The van der Waals surface area contributed by atoms with Crippen molar-refractivity contribution in [3.8, 4) is 5.69 Å². The second-order valence-corrected chi connectivity index (χ2v) is 7.63. The number of nitrogens with zero attached hydrogens (tertiary/aromatic N) is 3. The van der Waals surface area contributed by atoms with Crippen molar-refractivity contribution >= 4 is 50.6 Å². The highest BCUT2D eigenvalue weighted by Crippen LogP contribution is 2.31. The Labute approximate surface area is 185 Å². The molecule has 0 bridgehead atoms. The number of ether oxygens (including phenoxy) is 1. The van der Waals surface area contributed by atoms with Crippen LogP contribution in [0.25, 0.3) is 16.5 Å². The number of anilines is 1. The fraction of sp³-hybridized carbons (Fsp3) is 0.0952. The van der Waals surface area contributed by atoms with Gasteiger partial charge < -0.3 is 10.1 Å². The van der Waals surface area contributed by atoms with Crippen LogP contribution in [-0.4, -0.2) is 33.2 Å². The molecule has 0 aliphatic rings. The topological polar surface area (TPSA) is 103 Å². The molecule has 0 fully saturated rings. The van der Waals surface area contributed by atoms with Gasteiger partial charge in [0.15, 0.2) is 5.69 Å². The van der Waals surface area contributed by atoms with Crippen molar-refractivity contribution in [2.45, 2.75) is 6.92 Å². The van der Waals surface area contributed by atoms with E-state index in [1.165, 1.54) is 12.4 Å². The number of fused-ring (bicyclic) bond motifs is 1. The molecule has 4 aromatic rings. The Hall–Kier alpha value is -3.56. The third kappa shape index (κ3) is 4.05. The van der Waals surface area contributed by atoms with Gasteiger partial charge in [0.2, 0.25) is 0 Å². The van der Waals surface area contributed by atoms with Crippen LogP contribution in [0.3, 0.4) is 0 Å². The Morgan fingerprint density at radius 1 is 1.23 bits per heavy atom. The SMILES string of the molecule is CCOC(=O)c1nn(-c2cccc(Cl)c2)c(=O)c2c(NC(=O)c3ccncc3)scc12. The lowest BCUT2D eigenvalue weighted by Crippen LogP contribution is -2.25. The fourth-order valence-electron chi connectivity index (χ4n) is 2.95. The number of carbonyl (C=O) groups is 2. The molecule has 0 radical (unpaired) electrons. The zero-order chi connectivity index (χ0) is 22.0. The lowest BCUT2D eigenvalue weighted by Gasteiger charge is -2.10. The third-order valence-electron chi connectivity index (χ3n) is 4.34. The first-order valence-electron chi connectivity index (χ1n) is 9.18. The zero-order valence-corrected chi connectivity index (χ0v) is 17.7. The number of esters is 1. The van der Waals surface area contributed by atoms with E-state index in [2.05, 4.69) is 15.4 Å². The summed E-state index contributed by atoms with van der Waals surface area (Å²) in [6.45, 7) is 1.82. The number of nitrogens with one attached hydrogen (secondary N) is 1. The van der Waals surface area contributed by atoms with E-state index >= 15 is 0 Å². The quantitative estimate of drug-likeness (QED) is 0.458. The number of pyridine rings is 1. The van der Waals surface area contributed by atoms with E-state index < -0.39 is 17.4 Å². The first kappa shape index (κ1) is 20.7. The van der Waals surface area contributed by atoms with Crippen molar-refractivity contribution < 1.29 is 14.3 Å². The van der Waals surface area contributed by atoms with Gasteiger partial charge in [-0.1, -0.05) is 17.7 Å². The van der Waals surface area contributed by atoms with Gasteiger partial charge in [-0.25, -0.2) is 4.79 Å². The molecule has 3 heterocycles. The Balaban J connectivity index is 1.90. The number of benzene rings is 1. The number of aromatic nitrogens is 3. The van der Waals surface area contributed by atoms with E-state index in [0.29, 0.717) is 26.7 Å². The molecule has 0 saturated heterocycles. The number of carbonyl (C=O) groups excluding carboxylic acids is 2. The number of hydrogen-bond donors (Lipinski definition) is 1. The summed E-state index contributed by atoms with van der Waals surface area (Å²) in [5.74, 6) is -1.08. The van der Waals surface area contributed by atoms with Crippen LogP contribution in [0.5, 0.6) is 0 Å². The molecular formula is C21H15ClN4O4S. The molecule has 1 N–H and O–H groups in total. The van der Waals surface area contributed by atoms with Gasteiger partial charge in [0.1, 0.15) is 5.00 Å². The number of rotatable bonds is 5. The average molecular weight is 455 g/mol. The zero-order valence-electron chi connectivity index (χ0n) is 16.2. The van der Waals surface area contributed by atoms with Gasteiger partial charge in [-0.05, 0) is 37.3 Å². The summed E-state index contributed by atoms with van der Waals surface area (Å²) in [4.78, 5) is 42.4. The molecule has 31 heavy (non-hydrogen) atoms. The summed E-state index contributed by atoms with van der Waals surface area (Å²) in [5.41, 5.74) is 0.225. The summed E-state index contributed by atoms with van der Waals surface area (Å²) in [7, 11) is 0. The summed E-state index contributed by atoms with van der Waals surface area (Å²) in [5, 5.41) is 9.74. The minimum absolute atomic E-state index is 0.0305. The van der Waals surface area contributed by atoms with Gasteiger partial charge in [0, 0.05) is 33.7 Å². The van der Waals surface area contributed by atoms with Crippen molar-refractivity contribution in [2.24, 2.45) is 0 Å². The van der Waals surface area contributed by atoms with Gasteiger partial charge in [-0.2, -0.15) is 9.78 Å². The Kier molecular flexibility index (Phi) is 5.79. The molecule has 4 rings (SSSR count). The lowest BCUT2D eigenvalue weighted by atomic mass is 10.2. The molecule has 156 valence electrons. The Bertz CT molecular complexity index is 1350. The molecule has 0 saturated carbocycles. The lowest BCUT2D eigenvalue weighted by molar-refractivity contribution is 0.0520. The van der Waals surface area contributed by atoms with Crippen LogP contribution in [0, 0.1) is 0 Å². The van der Waals surface area contributed by atoms with E-state index in [0.717, 1.165) is 16.0 Å². The van der Waals surface area contributed by atoms with Crippen molar-refractivity contribution in [2.75, 3.05) is 11.9 Å². The third-order valence-corrected chi connectivity index (χ3v) is 5.47. The fourth-order valence-corrected chi connectivity index (χ4v) is 4.07. The van der Waals surface area contributed by atoms with E-state index in [1.54, 1.807) is 48.7 Å². The second-order valence-electron chi connectivity index (χ2n) is 6.31. The highest BCUT2D eigenvalue weighted by molar-refractivity contribution is 7.16. The maximum atomic E-state index is 13.3. The number of halogens is 1. The second kappa shape index (κ2) is 8.66. The highest BCUT2D eigenvalue weighted by atomic mass is 35.5. The van der Waals surface area contributed by atoms with E-state index in [-0.39, 0.29) is 17.7 Å². The summed E-state index contributed by atoms with van der Waals surface area (Å²) in [6, 6.07) is 9.63. The number of thiophene rings is 1.